The number of likely N-dealkylation sites (N-methyl/N-ethyl adjacent to an activating group) is 1. The average Bonchev–Trinajstić information content (AvgIpc) is 3.05. The number of carbonyl (C=O) groups is 1. The first kappa shape index (κ1) is 15.9. The molecule has 2 N–H and O–H groups in total. The molecular formula is C17H20N6O. The molecule has 3 rings (SSSR count). The summed E-state index contributed by atoms with van der Waals surface area (Å²) in [5, 5.41) is 2.95. The number of benzene rings is 1. The Labute approximate surface area is 140 Å². The topological polar surface area (TPSA) is 86.8 Å². The lowest BCUT2D eigenvalue weighted by Gasteiger charge is -2.17. The lowest BCUT2D eigenvalue weighted by atomic mass is 10.1. The standard InChI is InChI=1S/C17H20N6O/c1-12-5-3-4-6-13(12)7-8-18-14(24)9-23(2)17-15-16(20-10-19-15)21-11-22-17/h3-6,10-11H,7-9H2,1-2H3,(H,18,24)(H,19,20,21,22). The molecule has 1 amide bonds. The van der Waals surface area contributed by atoms with E-state index in [0.717, 1.165) is 11.9 Å². The summed E-state index contributed by atoms with van der Waals surface area (Å²) in [6.07, 6.45) is 3.84. The van der Waals surface area contributed by atoms with Crippen molar-refractivity contribution in [3.63, 3.8) is 0 Å². The van der Waals surface area contributed by atoms with Crippen LogP contribution in [0.15, 0.2) is 36.9 Å². The Balaban J connectivity index is 1.55. The van der Waals surface area contributed by atoms with Gasteiger partial charge < -0.3 is 15.2 Å². The highest BCUT2D eigenvalue weighted by atomic mass is 16.2. The van der Waals surface area contributed by atoms with Gasteiger partial charge in [0.2, 0.25) is 5.91 Å². The number of H-pyrrole nitrogens is 1. The number of aromatic nitrogens is 4. The van der Waals surface area contributed by atoms with E-state index in [9.17, 15) is 4.79 Å². The minimum Gasteiger partial charge on any atom is -0.354 e. The Bertz CT molecular complexity index is 844. The Hall–Kier alpha value is -2.96. The second-order valence-electron chi connectivity index (χ2n) is 5.68. The number of amides is 1. The van der Waals surface area contributed by atoms with Gasteiger partial charge in [0.15, 0.2) is 11.5 Å². The van der Waals surface area contributed by atoms with Crippen LogP contribution < -0.4 is 10.2 Å². The molecule has 0 fully saturated rings. The van der Waals surface area contributed by atoms with Crippen LogP contribution >= 0.6 is 0 Å². The predicted octanol–water partition coefficient (Wildman–Crippen LogP) is 1.46. The summed E-state index contributed by atoms with van der Waals surface area (Å²) < 4.78 is 0. The van der Waals surface area contributed by atoms with Crippen molar-refractivity contribution in [2.75, 3.05) is 25.0 Å². The smallest absolute Gasteiger partial charge is 0.239 e. The van der Waals surface area contributed by atoms with E-state index >= 15 is 0 Å². The van der Waals surface area contributed by atoms with Gasteiger partial charge in [0.05, 0.1) is 12.9 Å². The molecule has 2 aromatic heterocycles. The van der Waals surface area contributed by atoms with Crippen molar-refractivity contribution in [2.24, 2.45) is 0 Å². The monoisotopic (exact) mass is 324 g/mol. The van der Waals surface area contributed by atoms with Gasteiger partial charge in [-0.05, 0) is 24.5 Å². The number of carbonyl (C=O) groups excluding carboxylic acids is 1. The number of nitrogens with zero attached hydrogens (tertiary/aromatic N) is 4. The molecule has 3 aromatic rings. The third-order valence-electron chi connectivity index (χ3n) is 3.92. The van der Waals surface area contributed by atoms with E-state index in [1.807, 2.05) is 19.2 Å². The summed E-state index contributed by atoms with van der Waals surface area (Å²) >= 11 is 0. The minimum atomic E-state index is -0.0441. The number of nitrogens with one attached hydrogen (secondary N) is 2. The molecule has 2 heterocycles. The number of imidazole rings is 1. The number of aryl methyl sites for hydroxylation is 1. The van der Waals surface area contributed by atoms with Gasteiger partial charge in [0.1, 0.15) is 11.8 Å². The number of fused-ring (bicyclic) bond motifs is 1. The quantitative estimate of drug-likeness (QED) is 0.717. The van der Waals surface area contributed by atoms with Gasteiger partial charge in [0.25, 0.3) is 0 Å². The molecule has 0 saturated heterocycles. The summed E-state index contributed by atoms with van der Waals surface area (Å²) in [6, 6.07) is 8.20. The summed E-state index contributed by atoms with van der Waals surface area (Å²) in [5.74, 6) is 0.615. The fraction of sp³-hybridized carbons (Fsp3) is 0.294. The van der Waals surface area contributed by atoms with Crippen LogP contribution in [0.1, 0.15) is 11.1 Å². The fourth-order valence-electron chi connectivity index (χ4n) is 2.62. The van der Waals surface area contributed by atoms with E-state index in [-0.39, 0.29) is 12.5 Å². The summed E-state index contributed by atoms with van der Waals surface area (Å²) in [4.78, 5) is 29.3. The zero-order chi connectivity index (χ0) is 16.9. The van der Waals surface area contributed by atoms with E-state index in [1.165, 1.54) is 17.5 Å². The van der Waals surface area contributed by atoms with Gasteiger partial charge in [-0.25, -0.2) is 15.0 Å². The van der Waals surface area contributed by atoms with Crippen molar-refractivity contribution in [3.8, 4) is 0 Å². The molecule has 7 heteroatoms. The van der Waals surface area contributed by atoms with Gasteiger partial charge in [0, 0.05) is 13.6 Å². The summed E-state index contributed by atoms with van der Waals surface area (Å²) in [7, 11) is 1.82. The van der Waals surface area contributed by atoms with Crippen LogP contribution in [0.2, 0.25) is 0 Å². The van der Waals surface area contributed by atoms with Crippen molar-refractivity contribution in [1.29, 1.82) is 0 Å². The van der Waals surface area contributed by atoms with Crippen LogP contribution in [0.4, 0.5) is 5.82 Å². The normalized spacial score (nSPS) is 10.8. The molecule has 0 aliphatic rings. The predicted molar refractivity (Wildman–Crippen MR) is 92.8 cm³/mol. The molecule has 0 aliphatic heterocycles. The van der Waals surface area contributed by atoms with Crippen molar-refractivity contribution in [3.05, 3.63) is 48.0 Å². The third-order valence-corrected chi connectivity index (χ3v) is 3.92. The molecule has 24 heavy (non-hydrogen) atoms. The molecule has 0 unspecified atom stereocenters. The second kappa shape index (κ2) is 7.08. The Morgan fingerprint density at radius 3 is 2.92 bits per heavy atom. The van der Waals surface area contributed by atoms with Gasteiger partial charge in [-0.3, -0.25) is 4.79 Å². The van der Waals surface area contributed by atoms with Crippen molar-refractivity contribution in [1.82, 2.24) is 25.3 Å². The zero-order valence-corrected chi connectivity index (χ0v) is 13.8. The maximum atomic E-state index is 12.2. The van der Waals surface area contributed by atoms with E-state index < -0.39 is 0 Å². The number of hydrogen-bond donors (Lipinski definition) is 2. The molecule has 7 nitrogen and oxygen atoms in total. The molecule has 1 aromatic carbocycles. The maximum Gasteiger partial charge on any atom is 0.239 e. The van der Waals surface area contributed by atoms with Crippen LogP contribution in [-0.4, -0.2) is 46.0 Å². The Kier molecular flexibility index (Phi) is 4.69. The highest BCUT2D eigenvalue weighted by Crippen LogP contribution is 2.17. The summed E-state index contributed by atoms with van der Waals surface area (Å²) in [6.45, 7) is 2.91. The molecule has 0 spiro atoms. The van der Waals surface area contributed by atoms with Crippen LogP contribution in [-0.2, 0) is 11.2 Å². The number of anilines is 1. The Morgan fingerprint density at radius 1 is 1.25 bits per heavy atom. The molecule has 0 radical (unpaired) electrons. The zero-order valence-electron chi connectivity index (χ0n) is 13.8. The highest BCUT2D eigenvalue weighted by Gasteiger charge is 2.13. The first-order chi connectivity index (χ1) is 11.6. The van der Waals surface area contributed by atoms with E-state index in [1.54, 1.807) is 11.2 Å². The van der Waals surface area contributed by atoms with Gasteiger partial charge in [-0.15, -0.1) is 0 Å². The van der Waals surface area contributed by atoms with Gasteiger partial charge >= 0.3 is 0 Å². The molecule has 0 saturated carbocycles. The van der Waals surface area contributed by atoms with Crippen molar-refractivity contribution in [2.45, 2.75) is 13.3 Å². The molecule has 0 atom stereocenters. The second-order valence-corrected chi connectivity index (χ2v) is 5.68. The lowest BCUT2D eigenvalue weighted by molar-refractivity contribution is -0.119. The number of aromatic amines is 1. The first-order valence-electron chi connectivity index (χ1n) is 7.81. The van der Waals surface area contributed by atoms with E-state index in [2.05, 4.69) is 44.3 Å². The van der Waals surface area contributed by atoms with Crippen LogP contribution in [0, 0.1) is 6.92 Å². The number of rotatable bonds is 6. The third kappa shape index (κ3) is 3.51. The minimum absolute atomic E-state index is 0.0441. The largest absolute Gasteiger partial charge is 0.354 e. The molecule has 124 valence electrons. The lowest BCUT2D eigenvalue weighted by Crippen LogP contribution is -2.36. The highest BCUT2D eigenvalue weighted by molar-refractivity contribution is 5.86. The van der Waals surface area contributed by atoms with E-state index in [0.29, 0.717) is 18.0 Å². The maximum absolute atomic E-state index is 12.2. The number of hydrogen-bond acceptors (Lipinski definition) is 5. The first-order valence-corrected chi connectivity index (χ1v) is 7.81. The molecule has 0 bridgehead atoms. The SMILES string of the molecule is Cc1ccccc1CCNC(=O)CN(C)c1ncnc2nc[nH]c12. The van der Waals surface area contributed by atoms with Gasteiger partial charge in [-0.2, -0.15) is 0 Å². The van der Waals surface area contributed by atoms with Crippen LogP contribution in [0.3, 0.4) is 0 Å². The van der Waals surface area contributed by atoms with Crippen LogP contribution in [0.25, 0.3) is 11.2 Å². The van der Waals surface area contributed by atoms with E-state index in [4.69, 9.17) is 0 Å². The Morgan fingerprint density at radius 2 is 2.08 bits per heavy atom. The van der Waals surface area contributed by atoms with Gasteiger partial charge in [-0.1, -0.05) is 24.3 Å². The average molecular weight is 324 g/mol. The van der Waals surface area contributed by atoms with Crippen LogP contribution in [0.5, 0.6) is 0 Å². The molecule has 0 aliphatic carbocycles. The molecular weight excluding hydrogens is 304 g/mol. The van der Waals surface area contributed by atoms with Crippen molar-refractivity contribution < 1.29 is 4.79 Å². The fourth-order valence-corrected chi connectivity index (χ4v) is 2.62. The van der Waals surface area contributed by atoms with Crippen molar-refractivity contribution >= 4 is 22.9 Å². The summed E-state index contributed by atoms with van der Waals surface area (Å²) in [5.41, 5.74) is 3.81.